The van der Waals surface area contributed by atoms with Crippen molar-refractivity contribution in [2.75, 3.05) is 5.32 Å². The van der Waals surface area contributed by atoms with Gasteiger partial charge in [0.05, 0.1) is 23.7 Å². The summed E-state index contributed by atoms with van der Waals surface area (Å²) < 4.78 is 0.940. The highest BCUT2D eigenvalue weighted by Crippen LogP contribution is 2.24. The van der Waals surface area contributed by atoms with Gasteiger partial charge in [-0.1, -0.05) is 34.1 Å². The van der Waals surface area contributed by atoms with Gasteiger partial charge in [-0.2, -0.15) is 0 Å². The van der Waals surface area contributed by atoms with Crippen LogP contribution in [0.4, 0.5) is 5.69 Å². The molecule has 2 aromatic carbocycles. The third kappa shape index (κ3) is 4.46. The number of anilines is 1. The van der Waals surface area contributed by atoms with Crippen LogP contribution in [-0.4, -0.2) is 16.8 Å². The Balaban J connectivity index is 1.79. The van der Waals surface area contributed by atoms with Gasteiger partial charge >= 0.3 is 0 Å². The topological polar surface area (TPSA) is 71.1 Å². The van der Waals surface area contributed by atoms with Crippen molar-refractivity contribution < 1.29 is 9.59 Å². The number of amides is 2. The predicted molar refractivity (Wildman–Crippen MR) is 106 cm³/mol. The first-order valence-electron chi connectivity index (χ1n) is 8.19. The highest BCUT2D eigenvalue weighted by molar-refractivity contribution is 9.10. The predicted octanol–water partition coefficient (Wildman–Crippen LogP) is 4.20. The van der Waals surface area contributed by atoms with Crippen molar-refractivity contribution in [3.63, 3.8) is 0 Å². The van der Waals surface area contributed by atoms with E-state index in [2.05, 4.69) is 31.5 Å². The molecule has 0 saturated carbocycles. The van der Waals surface area contributed by atoms with E-state index >= 15 is 0 Å². The Bertz CT molecular complexity index is 936. The molecular formula is C20H18BrN3O2. The number of nitrogens with one attached hydrogen (secondary N) is 2. The van der Waals surface area contributed by atoms with Crippen LogP contribution in [0.1, 0.15) is 24.9 Å². The zero-order valence-corrected chi connectivity index (χ0v) is 15.8. The highest BCUT2D eigenvalue weighted by atomic mass is 79.9. The summed E-state index contributed by atoms with van der Waals surface area (Å²) in [7, 11) is 0. The highest BCUT2D eigenvalue weighted by Gasteiger charge is 2.18. The summed E-state index contributed by atoms with van der Waals surface area (Å²) in [4.78, 5) is 28.4. The third-order valence-electron chi connectivity index (χ3n) is 3.96. The normalized spacial score (nSPS) is 11.8. The number of aromatic nitrogens is 1. The van der Waals surface area contributed by atoms with Gasteiger partial charge in [0.15, 0.2) is 0 Å². The standard InChI is InChI=1S/C20H18BrN3O2/c1-13(25)23-19(14-7-9-15(21)10-8-14)12-20(26)24-18-6-2-5-17-16(18)4-3-11-22-17/h2-11,19H,12H2,1H3,(H,23,25)(H,24,26). The molecule has 5 nitrogen and oxygen atoms in total. The first-order chi connectivity index (χ1) is 12.5. The number of benzene rings is 2. The van der Waals surface area contributed by atoms with Gasteiger partial charge in [-0.05, 0) is 42.0 Å². The smallest absolute Gasteiger partial charge is 0.226 e. The molecule has 2 amide bonds. The van der Waals surface area contributed by atoms with E-state index in [0.717, 1.165) is 20.9 Å². The fraction of sp³-hybridized carbons (Fsp3) is 0.150. The summed E-state index contributed by atoms with van der Waals surface area (Å²) in [6.07, 6.45) is 1.85. The van der Waals surface area contributed by atoms with Gasteiger partial charge < -0.3 is 10.6 Å². The van der Waals surface area contributed by atoms with E-state index in [0.29, 0.717) is 5.69 Å². The van der Waals surface area contributed by atoms with E-state index in [9.17, 15) is 9.59 Å². The van der Waals surface area contributed by atoms with E-state index in [1.165, 1.54) is 6.92 Å². The molecule has 26 heavy (non-hydrogen) atoms. The summed E-state index contributed by atoms with van der Waals surface area (Å²) in [5, 5.41) is 6.65. The summed E-state index contributed by atoms with van der Waals surface area (Å²) in [6.45, 7) is 1.44. The number of pyridine rings is 1. The van der Waals surface area contributed by atoms with Gasteiger partial charge in [0, 0.05) is 23.0 Å². The largest absolute Gasteiger partial charge is 0.349 e. The fourth-order valence-electron chi connectivity index (χ4n) is 2.79. The quantitative estimate of drug-likeness (QED) is 0.660. The second kappa shape index (κ2) is 8.10. The van der Waals surface area contributed by atoms with Crippen LogP contribution in [-0.2, 0) is 9.59 Å². The number of hydrogen-bond acceptors (Lipinski definition) is 3. The third-order valence-corrected chi connectivity index (χ3v) is 4.49. The van der Waals surface area contributed by atoms with Crippen molar-refractivity contribution in [3.05, 3.63) is 70.8 Å². The molecule has 3 aromatic rings. The lowest BCUT2D eigenvalue weighted by molar-refractivity contribution is -0.120. The molecular weight excluding hydrogens is 394 g/mol. The Morgan fingerprint density at radius 2 is 1.85 bits per heavy atom. The zero-order valence-electron chi connectivity index (χ0n) is 14.2. The first-order valence-corrected chi connectivity index (χ1v) is 8.98. The van der Waals surface area contributed by atoms with Crippen LogP contribution in [0.15, 0.2) is 65.3 Å². The molecule has 0 aliphatic heterocycles. The second-order valence-corrected chi connectivity index (χ2v) is 6.85. The van der Waals surface area contributed by atoms with Crippen molar-refractivity contribution in [2.45, 2.75) is 19.4 Å². The number of halogens is 1. The molecule has 1 heterocycles. The number of carbonyl (C=O) groups is 2. The van der Waals surface area contributed by atoms with Crippen LogP contribution in [0.25, 0.3) is 10.9 Å². The van der Waals surface area contributed by atoms with E-state index in [1.807, 2.05) is 54.6 Å². The lowest BCUT2D eigenvalue weighted by Gasteiger charge is -2.18. The Kier molecular flexibility index (Phi) is 5.63. The number of carbonyl (C=O) groups excluding carboxylic acids is 2. The summed E-state index contributed by atoms with van der Waals surface area (Å²) in [5.41, 5.74) is 2.40. The van der Waals surface area contributed by atoms with Crippen LogP contribution < -0.4 is 10.6 Å². The lowest BCUT2D eigenvalue weighted by Crippen LogP contribution is -2.29. The van der Waals surface area contributed by atoms with Crippen molar-refractivity contribution in [1.29, 1.82) is 0 Å². The molecule has 0 radical (unpaired) electrons. The number of hydrogen-bond donors (Lipinski definition) is 2. The molecule has 0 aliphatic rings. The maximum Gasteiger partial charge on any atom is 0.226 e. The van der Waals surface area contributed by atoms with Crippen LogP contribution in [0, 0.1) is 0 Å². The van der Waals surface area contributed by atoms with Crippen LogP contribution in [0.3, 0.4) is 0 Å². The molecule has 1 aromatic heterocycles. The minimum Gasteiger partial charge on any atom is -0.349 e. The van der Waals surface area contributed by atoms with Gasteiger partial charge in [0.25, 0.3) is 0 Å². The van der Waals surface area contributed by atoms with E-state index in [-0.39, 0.29) is 18.2 Å². The van der Waals surface area contributed by atoms with Crippen LogP contribution in [0.2, 0.25) is 0 Å². The maximum atomic E-state index is 12.6. The minimum atomic E-state index is -0.395. The SMILES string of the molecule is CC(=O)NC(CC(=O)Nc1cccc2ncccc12)c1ccc(Br)cc1. The molecule has 2 N–H and O–H groups in total. The molecule has 0 fully saturated rings. The van der Waals surface area contributed by atoms with E-state index in [4.69, 9.17) is 0 Å². The molecule has 1 unspecified atom stereocenters. The Morgan fingerprint density at radius 1 is 1.08 bits per heavy atom. The Hall–Kier alpha value is -2.73. The van der Waals surface area contributed by atoms with Crippen molar-refractivity contribution in [3.8, 4) is 0 Å². The first kappa shape index (κ1) is 18.1. The second-order valence-electron chi connectivity index (χ2n) is 5.93. The maximum absolute atomic E-state index is 12.6. The molecule has 0 spiro atoms. The molecule has 1 atom stereocenters. The van der Waals surface area contributed by atoms with Crippen molar-refractivity contribution in [1.82, 2.24) is 10.3 Å². The Morgan fingerprint density at radius 3 is 2.58 bits per heavy atom. The zero-order chi connectivity index (χ0) is 18.5. The van der Waals surface area contributed by atoms with Crippen molar-refractivity contribution >= 4 is 44.3 Å². The van der Waals surface area contributed by atoms with Gasteiger partial charge in [-0.25, -0.2) is 0 Å². The summed E-state index contributed by atoms with van der Waals surface area (Å²) in [6, 6.07) is 16.5. The number of fused-ring (bicyclic) bond motifs is 1. The summed E-state index contributed by atoms with van der Waals surface area (Å²) >= 11 is 3.39. The summed E-state index contributed by atoms with van der Waals surface area (Å²) in [5.74, 6) is -0.358. The molecule has 6 heteroatoms. The van der Waals surface area contributed by atoms with Crippen LogP contribution >= 0.6 is 15.9 Å². The fourth-order valence-corrected chi connectivity index (χ4v) is 3.06. The van der Waals surface area contributed by atoms with Gasteiger partial charge in [0.2, 0.25) is 11.8 Å². The molecule has 0 bridgehead atoms. The van der Waals surface area contributed by atoms with Crippen molar-refractivity contribution in [2.24, 2.45) is 0 Å². The lowest BCUT2D eigenvalue weighted by atomic mass is 10.0. The monoisotopic (exact) mass is 411 g/mol. The molecule has 132 valence electrons. The van der Waals surface area contributed by atoms with Crippen LogP contribution in [0.5, 0.6) is 0 Å². The van der Waals surface area contributed by atoms with Gasteiger partial charge in [0.1, 0.15) is 0 Å². The van der Waals surface area contributed by atoms with Gasteiger partial charge in [-0.15, -0.1) is 0 Å². The van der Waals surface area contributed by atoms with E-state index in [1.54, 1.807) is 6.20 Å². The molecule has 0 saturated heterocycles. The number of rotatable bonds is 5. The average Bonchev–Trinajstić information content (AvgIpc) is 2.62. The molecule has 3 rings (SSSR count). The average molecular weight is 412 g/mol. The van der Waals surface area contributed by atoms with Gasteiger partial charge in [-0.3, -0.25) is 14.6 Å². The Labute approximate surface area is 160 Å². The minimum absolute atomic E-state index is 0.137. The molecule has 0 aliphatic carbocycles. The number of nitrogens with zero attached hydrogens (tertiary/aromatic N) is 1. The van der Waals surface area contributed by atoms with E-state index < -0.39 is 6.04 Å².